The van der Waals surface area contributed by atoms with Crippen molar-refractivity contribution in [2.24, 2.45) is 5.73 Å². The minimum atomic E-state index is -2.94. The number of hydrogen-bond acceptors (Lipinski definition) is 5. The third-order valence-corrected chi connectivity index (χ3v) is 5.21. The predicted octanol–water partition coefficient (Wildman–Crippen LogP) is 1.81. The molecule has 0 aliphatic carbocycles. The normalized spacial score (nSPS) is 15.7. The molecule has 0 aliphatic rings. The van der Waals surface area contributed by atoms with E-state index in [1.54, 1.807) is 11.3 Å². The van der Waals surface area contributed by atoms with Crippen molar-refractivity contribution in [1.82, 2.24) is 4.90 Å². The maximum absolute atomic E-state index is 11.3. The van der Waals surface area contributed by atoms with E-state index in [9.17, 15) is 8.42 Å². The summed E-state index contributed by atoms with van der Waals surface area (Å²) in [6, 6.07) is 4.28. The molecule has 0 bridgehead atoms. The first-order chi connectivity index (χ1) is 8.74. The fourth-order valence-electron chi connectivity index (χ4n) is 2.04. The second kappa shape index (κ2) is 6.83. The maximum atomic E-state index is 11.3. The molecule has 0 saturated heterocycles. The molecule has 0 amide bonds. The van der Waals surface area contributed by atoms with Gasteiger partial charge in [-0.25, -0.2) is 8.42 Å². The molecule has 0 fully saturated rings. The van der Waals surface area contributed by atoms with Gasteiger partial charge in [-0.05, 0) is 32.5 Å². The highest BCUT2D eigenvalue weighted by Gasteiger charge is 2.24. The molecule has 0 saturated carbocycles. The summed E-state index contributed by atoms with van der Waals surface area (Å²) < 4.78 is 22.6. The van der Waals surface area contributed by atoms with Crippen LogP contribution < -0.4 is 5.73 Å². The summed E-state index contributed by atoms with van der Waals surface area (Å²) in [5, 5.41) is 0. The molecule has 4 nitrogen and oxygen atoms in total. The summed E-state index contributed by atoms with van der Waals surface area (Å²) in [5.41, 5.74) is 6.21. The number of likely N-dealkylation sites (N-methyl/N-ethyl adjacent to an activating group) is 1. The Labute approximate surface area is 120 Å². The number of sulfone groups is 1. The third-order valence-electron chi connectivity index (χ3n) is 3.22. The van der Waals surface area contributed by atoms with Gasteiger partial charge in [-0.2, -0.15) is 0 Å². The SMILES string of the molecule is CCC(N)C(c1ccc(C)s1)N(C)CCS(C)(=O)=O. The summed E-state index contributed by atoms with van der Waals surface area (Å²) >= 11 is 1.73. The zero-order valence-electron chi connectivity index (χ0n) is 12.1. The van der Waals surface area contributed by atoms with Gasteiger partial charge in [-0.3, -0.25) is 4.90 Å². The Kier molecular flexibility index (Phi) is 5.98. The van der Waals surface area contributed by atoms with E-state index >= 15 is 0 Å². The molecule has 0 spiro atoms. The fraction of sp³-hybridized carbons (Fsp3) is 0.692. The minimum Gasteiger partial charge on any atom is -0.326 e. The average Bonchev–Trinajstić information content (AvgIpc) is 2.72. The Balaban J connectivity index is 2.85. The van der Waals surface area contributed by atoms with E-state index < -0.39 is 9.84 Å². The quantitative estimate of drug-likeness (QED) is 0.834. The largest absolute Gasteiger partial charge is 0.326 e. The van der Waals surface area contributed by atoms with Gasteiger partial charge in [-0.15, -0.1) is 11.3 Å². The number of nitrogens with zero attached hydrogens (tertiary/aromatic N) is 1. The zero-order valence-corrected chi connectivity index (χ0v) is 13.7. The van der Waals surface area contributed by atoms with Gasteiger partial charge in [0.1, 0.15) is 9.84 Å². The summed E-state index contributed by atoms with van der Waals surface area (Å²) in [6.45, 7) is 4.63. The Morgan fingerprint density at radius 1 is 1.42 bits per heavy atom. The molecule has 1 heterocycles. The van der Waals surface area contributed by atoms with E-state index in [1.807, 2.05) is 7.05 Å². The van der Waals surface area contributed by atoms with Gasteiger partial charge < -0.3 is 5.73 Å². The molecule has 1 aromatic heterocycles. The monoisotopic (exact) mass is 304 g/mol. The lowest BCUT2D eigenvalue weighted by Gasteiger charge is -2.31. The molecule has 1 aromatic rings. The lowest BCUT2D eigenvalue weighted by Crippen LogP contribution is -2.40. The smallest absolute Gasteiger partial charge is 0.148 e. The number of thiophene rings is 1. The van der Waals surface area contributed by atoms with Crippen LogP contribution in [0.5, 0.6) is 0 Å². The van der Waals surface area contributed by atoms with Crippen LogP contribution in [-0.4, -0.2) is 45.0 Å². The van der Waals surface area contributed by atoms with Gasteiger partial charge >= 0.3 is 0 Å². The summed E-state index contributed by atoms with van der Waals surface area (Å²) in [6.07, 6.45) is 2.13. The van der Waals surface area contributed by atoms with Crippen molar-refractivity contribution < 1.29 is 8.42 Å². The number of rotatable bonds is 7. The lowest BCUT2D eigenvalue weighted by molar-refractivity contribution is 0.224. The molecule has 6 heteroatoms. The van der Waals surface area contributed by atoms with Crippen LogP contribution in [0.3, 0.4) is 0 Å². The van der Waals surface area contributed by atoms with Crippen LogP contribution in [0.4, 0.5) is 0 Å². The molecule has 1 rings (SSSR count). The van der Waals surface area contributed by atoms with E-state index in [4.69, 9.17) is 5.73 Å². The molecule has 2 atom stereocenters. The molecule has 0 aliphatic heterocycles. The zero-order chi connectivity index (χ0) is 14.6. The number of aryl methyl sites for hydroxylation is 1. The molecule has 2 unspecified atom stereocenters. The molecular formula is C13H24N2O2S2. The predicted molar refractivity (Wildman–Crippen MR) is 82.4 cm³/mol. The Bertz CT molecular complexity index is 496. The van der Waals surface area contributed by atoms with Gasteiger partial charge in [0.15, 0.2) is 0 Å². The van der Waals surface area contributed by atoms with Crippen LogP contribution >= 0.6 is 11.3 Å². The van der Waals surface area contributed by atoms with Crippen LogP contribution in [-0.2, 0) is 9.84 Å². The number of nitrogens with two attached hydrogens (primary N) is 1. The van der Waals surface area contributed by atoms with Gasteiger partial charge in [-0.1, -0.05) is 6.92 Å². The molecular weight excluding hydrogens is 280 g/mol. The van der Waals surface area contributed by atoms with Crippen LogP contribution in [0.25, 0.3) is 0 Å². The van der Waals surface area contributed by atoms with Crippen molar-refractivity contribution in [3.05, 3.63) is 21.9 Å². The number of hydrogen-bond donors (Lipinski definition) is 1. The van der Waals surface area contributed by atoms with Crippen LogP contribution in [0, 0.1) is 6.92 Å². The maximum Gasteiger partial charge on any atom is 0.148 e. The van der Waals surface area contributed by atoms with Gasteiger partial charge in [0.05, 0.1) is 11.8 Å². The highest BCUT2D eigenvalue weighted by Crippen LogP contribution is 2.29. The topological polar surface area (TPSA) is 63.4 Å². The van der Waals surface area contributed by atoms with E-state index in [1.165, 1.54) is 16.0 Å². The first kappa shape index (κ1) is 16.6. The second-order valence-corrected chi connectivity index (χ2v) is 8.66. The van der Waals surface area contributed by atoms with Gasteiger partial charge in [0.2, 0.25) is 0 Å². The molecule has 19 heavy (non-hydrogen) atoms. The summed E-state index contributed by atoms with van der Waals surface area (Å²) in [7, 11) is -0.996. The fourth-order valence-corrected chi connectivity index (χ4v) is 3.78. The molecule has 2 N–H and O–H groups in total. The van der Waals surface area contributed by atoms with E-state index in [-0.39, 0.29) is 17.8 Å². The molecule has 110 valence electrons. The van der Waals surface area contributed by atoms with Crippen molar-refractivity contribution in [1.29, 1.82) is 0 Å². The third kappa shape index (κ3) is 5.22. The molecule has 0 radical (unpaired) electrons. The summed E-state index contributed by atoms with van der Waals surface area (Å²) in [5.74, 6) is 0.167. The van der Waals surface area contributed by atoms with E-state index in [2.05, 4.69) is 30.9 Å². The Hall–Kier alpha value is -0.430. The first-order valence-corrected chi connectivity index (χ1v) is 9.32. The van der Waals surface area contributed by atoms with Crippen LogP contribution in [0.15, 0.2) is 12.1 Å². The minimum absolute atomic E-state index is 0.0163. The van der Waals surface area contributed by atoms with E-state index in [0.29, 0.717) is 6.54 Å². The molecule has 0 aromatic carbocycles. The van der Waals surface area contributed by atoms with Crippen molar-refractivity contribution in [3.63, 3.8) is 0 Å². The van der Waals surface area contributed by atoms with Crippen molar-refractivity contribution in [2.45, 2.75) is 32.4 Å². The average molecular weight is 304 g/mol. The van der Waals surface area contributed by atoms with Gasteiger partial charge in [0, 0.05) is 28.6 Å². The first-order valence-electron chi connectivity index (χ1n) is 6.44. The Morgan fingerprint density at radius 3 is 2.47 bits per heavy atom. The van der Waals surface area contributed by atoms with Crippen LogP contribution in [0.2, 0.25) is 0 Å². The summed E-state index contributed by atoms with van der Waals surface area (Å²) in [4.78, 5) is 4.52. The second-order valence-electron chi connectivity index (χ2n) is 5.08. The lowest BCUT2D eigenvalue weighted by atomic mass is 10.0. The van der Waals surface area contributed by atoms with Crippen molar-refractivity contribution in [3.8, 4) is 0 Å². The van der Waals surface area contributed by atoms with Crippen molar-refractivity contribution >= 4 is 21.2 Å². The van der Waals surface area contributed by atoms with Crippen molar-refractivity contribution in [2.75, 3.05) is 25.6 Å². The van der Waals surface area contributed by atoms with E-state index in [0.717, 1.165) is 6.42 Å². The van der Waals surface area contributed by atoms with Gasteiger partial charge in [0.25, 0.3) is 0 Å². The standard InChI is InChI=1S/C13H24N2O2S2/c1-5-11(14)13(12-7-6-10(2)18-12)15(3)8-9-19(4,16)17/h6-7,11,13H,5,8-9,14H2,1-4H3. The highest BCUT2D eigenvalue weighted by atomic mass is 32.2. The Morgan fingerprint density at radius 2 is 2.05 bits per heavy atom. The highest BCUT2D eigenvalue weighted by molar-refractivity contribution is 7.90. The van der Waals surface area contributed by atoms with Crippen LogP contribution in [0.1, 0.15) is 29.1 Å².